The number of likely N-dealkylation sites (tertiary alicyclic amines) is 1. The van der Waals surface area contributed by atoms with Crippen LogP contribution < -0.4 is 5.32 Å². The molecular weight excluding hydrogens is 260 g/mol. The van der Waals surface area contributed by atoms with Crippen molar-refractivity contribution < 1.29 is 4.79 Å². The summed E-state index contributed by atoms with van der Waals surface area (Å²) < 4.78 is 0. The smallest absolute Gasteiger partial charge is 0.220 e. The second-order valence-corrected chi connectivity index (χ2v) is 6.62. The fraction of sp³-hybridized carbons (Fsp3) is 0.611. The monoisotopic (exact) mass is 288 g/mol. The van der Waals surface area contributed by atoms with Gasteiger partial charge in [-0.05, 0) is 64.3 Å². The number of piperidine rings is 1. The van der Waals surface area contributed by atoms with Gasteiger partial charge in [0, 0.05) is 13.0 Å². The molecule has 21 heavy (non-hydrogen) atoms. The van der Waals surface area contributed by atoms with Gasteiger partial charge >= 0.3 is 0 Å². The third-order valence-electron chi connectivity index (χ3n) is 4.47. The van der Waals surface area contributed by atoms with Crippen LogP contribution in [-0.2, 0) is 4.79 Å². The van der Waals surface area contributed by atoms with E-state index in [1.807, 2.05) is 0 Å². The molecule has 3 heteroatoms. The average molecular weight is 288 g/mol. The average Bonchev–Trinajstić information content (AvgIpc) is 2.38. The van der Waals surface area contributed by atoms with Crippen molar-refractivity contribution in [2.75, 3.05) is 20.1 Å². The zero-order valence-electron chi connectivity index (χ0n) is 13.8. The van der Waals surface area contributed by atoms with E-state index >= 15 is 0 Å². The Morgan fingerprint density at radius 1 is 1.43 bits per heavy atom. The number of benzene rings is 1. The lowest BCUT2D eigenvalue weighted by molar-refractivity contribution is -0.123. The van der Waals surface area contributed by atoms with E-state index in [0.29, 0.717) is 12.3 Å². The van der Waals surface area contributed by atoms with Crippen molar-refractivity contribution >= 4 is 5.91 Å². The van der Waals surface area contributed by atoms with Crippen molar-refractivity contribution in [1.82, 2.24) is 10.2 Å². The molecule has 1 fully saturated rings. The quantitative estimate of drug-likeness (QED) is 0.922. The van der Waals surface area contributed by atoms with Crippen molar-refractivity contribution in [3.05, 3.63) is 34.9 Å². The van der Waals surface area contributed by atoms with Gasteiger partial charge in [0.15, 0.2) is 0 Å². The number of rotatable bonds is 4. The number of aryl methyl sites for hydroxylation is 2. The molecule has 0 aliphatic carbocycles. The molecule has 1 aromatic carbocycles. The first-order valence-corrected chi connectivity index (χ1v) is 8.00. The Balaban J connectivity index is 1.89. The molecule has 1 heterocycles. The van der Waals surface area contributed by atoms with Crippen LogP contribution in [0.25, 0.3) is 0 Å². The van der Waals surface area contributed by atoms with Crippen LogP contribution in [0.4, 0.5) is 0 Å². The predicted molar refractivity (Wildman–Crippen MR) is 87.3 cm³/mol. The largest absolute Gasteiger partial charge is 0.350 e. The highest BCUT2D eigenvalue weighted by molar-refractivity contribution is 5.76. The zero-order valence-corrected chi connectivity index (χ0v) is 13.8. The van der Waals surface area contributed by atoms with Crippen LogP contribution in [0.15, 0.2) is 18.2 Å². The number of hydrogen-bond donors (Lipinski definition) is 1. The number of amides is 1. The molecule has 116 valence electrons. The number of carbonyl (C=O) groups is 1. The lowest BCUT2D eigenvalue weighted by atomic mass is 9.94. The molecule has 2 atom stereocenters. The standard InChI is InChI=1S/C18H28N2O/c1-13-7-8-17(14(2)10-13)15(3)19-18(21)11-16-6-5-9-20(4)12-16/h7-8,10,15-16H,5-6,9,11-12H2,1-4H3,(H,19,21). The third kappa shape index (κ3) is 4.57. The molecule has 0 radical (unpaired) electrons. The summed E-state index contributed by atoms with van der Waals surface area (Å²) in [7, 11) is 2.14. The van der Waals surface area contributed by atoms with E-state index in [9.17, 15) is 4.79 Å². The molecule has 1 saturated heterocycles. The Bertz CT molecular complexity index is 498. The minimum atomic E-state index is 0.0828. The van der Waals surface area contributed by atoms with Crippen LogP contribution >= 0.6 is 0 Å². The van der Waals surface area contributed by atoms with Crippen LogP contribution in [0.2, 0.25) is 0 Å². The SMILES string of the molecule is Cc1ccc(C(C)NC(=O)CC2CCCN(C)C2)c(C)c1. The summed E-state index contributed by atoms with van der Waals surface area (Å²) in [4.78, 5) is 14.6. The summed E-state index contributed by atoms with van der Waals surface area (Å²) >= 11 is 0. The minimum absolute atomic E-state index is 0.0828. The maximum Gasteiger partial charge on any atom is 0.220 e. The molecule has 2 unspecified atom stereocenters. The molecule has 1 aliphatic rings. The fourth-order valence-electron chi connectivity index (χ4n) is 3.39. The number of nitrogens with one attached hydrogen (secondary N) is 1. The molecule has 0 bridgehead atoms. The minimum Gasteiger partial charge on any atom is -0.350 e. The Kier molecular flexibility index (Phi) is 5.40. The first-order valence-electron chi connectivity index (χ1n) is 8.00. The van der Waals surface area contributed by atoms with E-state index in [-0.39, 0.29) is 11.9 Å². The van der Waals surface area contributed by atoms with Crippen molar-refractivity contribution in [1.29, 1.82) is 0 Å². The zero-order chi connectivity index (χ0) is 15.4. The predicted octanol–water partition coefficient (Wildman–Crippen LogP) is 3.21. The summed E-state index contributed by atoms with van der Waals surface area (Å²) in [6.45, 7) is 8.49. The highest BCUT2D eigenvalue weighted by atomic mass is 16.1. The van der Waals surface area contributed by atoms with Gasteiger partial charge in [0.25, 0.3) is 0 Å². The van der Waals surface area contributed by atoms with Gasteiger partial charge in [-0.15, -0.1) is 0 Å². The molecule has 1 aliphatic heterocycles. The molecule has 0 spiro atoms. The topological polar surface area (TPSA) is 32.3 Å². The Morgan fingerprint density at radius 2 is 2.19 bits per heavy atom. The molecule has 1 amide bonds. The normalized spacial score (nSPS) is 21.0. The third-order valence-corrected chi connectivity index (χ3v) is 4.47. The van der Waals surface area contributed by atoms with Gasteiger partial charge in [-0.1, -0.05) is 23.8 Å². The van der Waals surface area contributed by atoms with Crippen molar-refractivity contribution in [3.8, 4) is 0 Å². The number of hydrogen-bond acceptors (Lipinski definition) is 2. The van der Waals surface area contributed by atoms with Gasteiger partial charge < -0.3 is 10.2 Å². The summed E-state index contributed by atoms with van der Waals surface area (Å²) in [6.07, 6.45) is 3.04. The molecule has 0 aromatic heterocycles. The fourth-order valence-corrected chi connectivity index (χ4v) is 3.39. The highest BCUT2D eigenvalue weighted by Gasteiger charge is 2.21. The molecule has 2 rings (SSSR count). The molecule has 3 nitrogen and oxygen atoms in total. The van der Waals surface area contributed by atoms with E-state index < -0.39 is 0 Å². The van der Waals surface area contributed by atoms with Crippen molar-refractivity contribution in [3.63, 3.8) is 0 Å². The summed E-state index contributed by atoms with van der Waals surface area (Å²) in [5.74, 6) is 0.692. The Hall–Kier alpha value is -1.35. The van der Waals surface area contributed by atoms with Gasteiger partial charge in [0.1, 0.15) is 0 Å². The second-order valence-electron chi connectivity index (χ2n) is 6.62. The van der Waals surface area contributed by atoms with Gasteiger partial charge in [-0.25, -0.2) is 0 Å². The molecular formula is C18H28N2O. The maximum absolute atomic E-state index is 12.3. The van der Waals surface area contributed by atoms with Gasteiger partial charge in [-0.3, -0.25) is 4.79 Å². The van der Waals surface area contributed by atoms with Gasteiger partial charge in [-0.2, -0.15) is 0 Å². The number of nitrogens with zero attached hydrogens (tertiary/aromatic N) is 1. The maximum atomic E-state index is 12.3. The summed E-state index contributed by atoms with van der Waals surface area (Å²) in [5, 5.41) is 3.16. The first-order chi connectivity index (χ1) is 9.95. The summed E-state index contributed by atoms with van der Waals surface area (Å²) in [6, 6.07) is 6.50. The lowest BCUT2D eigenvalue weighted by Gasteiger charge is -2.29. The van der Waals surface area contributed by atoms with Crippen LogP contribution in [-0.4, -0.2) is 30.9 Å². The van der Waals surface area contributed by atoms with Crippen LogP contribution in [0, 0.1) is 19.8 Å². The van der Waals surface area contributed by atoms with E-state index in [1.54, 1.807) is 0 Å². The highest BCUT2D eigenvalue weighted by Crippen LogP contribution is 2.21. The van der Waals surface area contributed by atoms with Gasteiger partial charge in [0.2, 0.25) is 5.91 Å². The van der Waals surface area contributed by atoms with E-state index in [1.165, 1.54) is 29.5 Å². The van der Waals surface area contributed by atoms with Crippen LogP contribution in [0.1, 0.15) is 48.9 Å². The van der Waals surface area contributed by atoms with E-state index in [0.717, 1.165) is 13.1 Å². The van der Waals surface area contributed by atoms with Gasteiger partial charge in [0.05, 0.1) is 6.04 Å². The lowest BCUT2D eigenvalue weighted by Crippen LogP contribution is -2.36. The van der Waals surface area contributed by atoms with E-state index in [4.69, 9.17) is 0 Å². The Labute approximate surface area is 128 Å². The number of carbonyl (C=O) groups excluding carboxylic acids is 1. The molecule has 1 aromatic rings. The summed E-state index contributed by atoms with van der Waals surface area (Å²) in [5.41, 5.74) is 3.73. The second kappa shape index (κ2) is 7.08. The van der Waals surface area contributed by atoms with Crippen molar-refractivity contribution in [2.45, 2.75) is 46.1 Å². The molecule has 0 saturated carbocycles. The van der Waals surface area contributed by atoms with Crippen molar-refractivity contribution in [2.24, 2.45) is 5.92 Å². The molecule has 1 N–H and O–H groups in total. The van der Waals surface area contributed by atoms with E-state index in [2.05, 4.69) is 56.2 Å². The van der Waals surface area contributed by atoms with Crippen LogP contribution in [0.5, 0.6) is 0 Å². The van der Waals surface area contributed by atoms with Crippen LogP contribution in [0.3, 0.4) is 0 Å². The Morgan fingerprint density at radius 3 is 2.86 bits per heavy atom. The first kappa shape index (κ1) is 16.0.